The zero-order valence-electron chi connectivity index (χ0n) is 18.1. The van der Waals surface area contributed by atoms with E-state index >= 15 is 0 Å². The second-order valence-corrected chi connectivity index (χ2v) is 9.15. The Labute approximate surface area is 191 Å². The molecular formula is C25H25N3O5. The van der Waals surface area contributed by atoms with Crippen LogP contribution in [0.2, 0.25) is 0 Å². The minimum Gasteiger partial charge on any atom is -0.454 e. The van der Waals surface area contributed by atoms with E-state index in [0.717, 1.165) is 36.8 Å². The largest absolute Gasteiger partial charge is 0.454 e. The molecule has 2 N–H and O–H groups in total. The predicted octanol–water partition coefficient (Wildman–Crippen LogP) is 2.92. The van der Waals surface area contributed by atoms with Crippen molar-refractivity contribution < 1.29 is 23.9 Å². The quantitative estimate of drug-likeness (QED) is 0.754. The van der Waals surface area contributed by atoms with Crippen LogP contribution in [0.15, 0.2) is 36.4 Å². The number of nitrogens with zero attached hydrogens (tertiary/aromatic N) is 1. The number of benzene rings is 2. The van der Waals surface area contributed by atoms with Gasteiger partial charge in [-0.3, -0.25) is 14.4 Å². The van der Waals surface area contributed by atoms with Crippen LogP contribution in [0, 0.1) is 5.92 Å². The number of carbonyl (C=O) groups excluding carboxylic acids is 3. The molecule has 2 aromatic rings. The zero-order chi connectivity index (χ0) is 22.5. The maximum absolute atomic E-state index is 13.5. The number of hydrogen-bond donors (Lipinski definition) is 2. The number of carbonyl (C=O) groups is 3. The normalized spacial score (nSPS) is 23.7. The van der Waals surface area contributed by atoms with Crippen LogP contribution >= 0.6 is 0 Å². The van der Waals surface area contributed by atoms with Crippen LogP contribution in [-0.4, -0.2) is 48.0 Å². The Morgan fingerprint density at radius 2 is 1.73 bits per heavy atom. The lowest BCUT2D eigenvalue weighted by atomic mass is 10.0. The summed E-state index contributed by atoms with van der Waals surface area (Å²) in [6.45, 7) is 0.627. The first-order chi connectivity index (χ1) is 16.1. The van der Waals surface area contributed by atoms with Gasteiger partial charge in [-0.1, -0.05) is 25.0 Å². The lowest BCUT2D eigenvalue weighted by Gasteiger charge is -2.25. The maximum atomic E-state index is 13.5. The molecule has 3 aliphatic heterocycles. The summed E-state index contributed by atoms with van der Waals surface area (Å²) in [5.41, 5.74) is 2.68. The van der Waals surface area contributed by atoms with E-state index in [0.29, 0.717) is 35.7 Å². The molecule has 2 fully saturated rings. The van der Waals surface area contributed by atoms with Gasteiger partial charge in [0.2, 0.25) is 18.6 Å². The van der Waals surface area contributed by atoms with Crippen molar-refractivity contribution in [2.45, 2.75) is 44.2 Å². The smallest absolute Gasteiger partial charge is 0.256 e. The van der Waals surface area contributed by atoms with E-state index in [1.54, 1.807) is 11.0 Å². The lowest BCUT2D eigenvalue weighted by molar-refractivity contribution is -0.126. The van der Waals surface area contributed by atoms with Gasteiger partial charge in [0.05, 0.1) is 17.3 Å². The SMILES string of the molecule is O=C(N[C@H]1CCN2C(=O)c3cc(-c4ccc5c(c4)OCO5)ccc3NC(=O)[C@H]12)C1CCCC1. The van der Waals surface area contributed by atoms with Gasteiger partial charge in [0.15, 0.2) is 11.5 Å². The number of fused-ring (bicyclic) bond motifs is 3. The first-order valence-electron chi connectivity index (χ1n) is 11.5. The van der Waals surface area contributed by atoms with Crippen LogP contribution in [0.4, 0.5) is 5.69 Å². The molecule has 6 rings (SSSR count). The number of ether oxygens (including phenoxy) is 2. The topological polar surface area (TPSA) is 97.0 Å². The second-order valence-electron chi connectivity index (χ2n) is 9.15. The number of amides is 3. The molecule has 8 nitrogen and oxygen atoms in total. The van der Waals surface area contributed by atoms with Gasteiger partial charge in [-0.15, -0.1) is 0 Å². The Morgan fingerprint density at radius 1 is 0.970 bits per heavy atom. The number of rotatable bonds is 3. The molecule has 3 amide bonds. The van der Waals surface area contributed by atoms with Crippen molar-refractivity contribution in [2.24, 2.45) is 5.92 Å². The highest BCUT2D eigenvalue weighted by atomic mass is 16.7. The Bertz CT molecular complexity index is 1160. The first-order valence-corrected chi connectivity index (χ1v) is 11.5. The van der Waals surface area contributed by atoms with Crippen LogP contribution in [0.3, 0.4) is 0 Å². The molecular weight excluding hydrogens is 422 g/mol. The number of hydrogen-bond acceptors (Lipinski definition) is 5. The summed E-state index contributed by atoms with van der Waals surface area (Å²) in [5.74, 6) is 0.933. The molecule has 170 valence electrons. The monoisotopic (exact) mass is 447 g/mol. The van der Waals surface area contributed by atoms with Crippen molar-refractivity contribution in [3.05, 3.63) is 42.0 Å². The van der Waals surface area contributed by atoms with Crippen molar-refractivity contribution in [3.63, 3.8) is 0 Å². The summed E-state index contributed by atoms with van der Waals surface area (Å²) in [7, 11) is 0. The number of anilines is 1. The third-order valence-electron chi connectivity index (χ3n) is 7.19. The van der Waals surface area contributed by atoms with Gasteiger partial charge in [-0.05, 0) is 54.7 Å². The fourth-order valence-electron chi connectivity index (χ4n) is 5.43. The van der Waals surface area contributed by atoms with E-state index in [-0.39, 0.29) is 36.5 Å². The average molecular weight is 447 g/mol. The molecule has 33 heavy (non-hydrogen) atoms. The van der Waals surface area contributed by atoms with Crippen LogP contribution in [0.1, 0.15) is 42.5 Å². The van der Waals surface area contributed by atoms with Gasteiger partial charge in [0.1, 0.15) is 6.04 Å². The number of nitrogens with one attached hydrogen (secondary N) is 2. The van der Waals surface area contributed by atoms with Crippen LogP contribution in [0.5, 0.6) is 11.5 Å². The minimum absolute atomic E-state index is 0.00598. The molecule has 0 radical (unpaired) electrons. The molecule has 0 spiro atoms. The predicted molar refractivity (Wildman–Crippen MR) is 120 cm³/mol. The molecule has 4 aliphatic rings. The Morgan fingerprint density at radius 3 is 2.58 bits per heavy atom. The molecule has 0 aromatic heterocycles. The van der Waals surface area contributed by atoms with E-state index in [4.69, 9.17) is 9.47 Å². The summed E-state index contributed by atoms with van der Waals surface area (Å²) in [5, 5.41) is 5.99. The summed E-state index contributed by atoms with van der Waals surface area (Å²) >= 11 is 0. The summed E-state index contributed by atoms with van der Waals surface area (Å²) in [6, 6.07) is 10.0. The highest BCUT2D eigenvalue weighted by Crippen LogP contribution is 2.38. The highest BCUT2D eigenvalue weighted by molar-refractivity contribution is 6.11. The fourth-order valence-corrected chi connectivity index (χ4v) is 5.43. The van der Waals surface area contributed by atoms with Gasteiger partial charge in [-0.2, -0.15) is 0 Å². The van der Waals surface area contributed by atoms with E-state index in [2.05, 4.69) is 10.6 Å². The third-order valence-corrected chi connectivity index (χ3v) is 7.19. The highest BCUT2D eigenvalue weighted by Gasteiger charge is 2.45. The first kappa shape index (κ1) is 20.1. The molecule has 0 bridgehead atoms. The molecule has 8 heteroatoms. The Balaban J connectivity index is 1.27. The molecule has 2 aromatic carbocycles. The molecule has 3 heterocycles. The van der Waals surface area contributed by atoms with Gasteiger partial charge in [0.25, 0.3) is 5.91 Å². The average Bonchev–Trinajstić information content (AvgIpc) is 3.57. The Hall–Kier alpha value is -3.55. The summed E-state index contributed by atoms with van der Waals surface area (Å²) < 4.78 is 10.9. The van der Waals surface area contributed by atoms with Crippen LogP contribution in [0.25, 0.3) is 11.1 Å². The van der Waals surface area contributed by atoms with E-state index < -0.39 is 6.04 Å². The molecule has 1 aliphatic carbocycles. The molecule has 2 atom stereocenters. The van der Waals surface area contributed by atoms with Crippen molar-refractivity contribution in [1.29, 1.82) is 0 Å². The lowest BCUT2D eigenvalue weighted by Crippen LogP contribution is -2.52. The fraction of sp³-hybridized carbons (Fsp3) is 0.400. The van der Waals surface area contributed by atoms with Gasteiger partial charge < -0.3 is 25.0 Å². The molecule has 0 unspecified atom stereocenters. The van der Waals surface area contributed by atoms with E-state index in [1.807, 2.05) is 30.3 Å². The molecule has 1 saturated heterocycles. The third kappa shape index (κ3) is 3.41. The van der Waals surface area contributed by atoms with Gasteiger partial charge >= 0.3 is 0 Å². The maximum Gasteiger partial charge on any atom is 0.256 e. The minimum atomic E-state index is -0.704. The van der Waals surface area contributed by atoms with E-state index in [9.17, 15) is 14.4 Å². The second kappa shape index (κ2) is 7.79. The van der Waals surface area contributed by atoms with Gasteiger partial charge in [-0.25, -0.2) is 0 Å². The van der Waals surface area contributed by atoms with Crippen molar-refractivity contribution in [2.75, 3.05) is 18.7 Å². The van der Waals surface area contributed by atoms with Crippen LogP contribution < -0.4 is 20.1 Å². The van der Waals surface area contributed by atoms with Crippen LogP contribution in [-0.2, 0) is 9.59 Å². The zero-order valence-corrected chi connectivity index (χ0v) is 18.1. The van der Waals surface area contributed by atoms with E-state index in [1.165, 1.54) is 0 Å². The van der Waals surface area contributed by atoms with Crippen molar-refractivity contribution >= 4 is 23.4 Å². The summed E-state index contributed by atoms with van der Waals surface area (Å²) in [4.78, 5) is 40.9. The summed E-state index contributed by atoms with van der Waals surface area (Å²) in [6.07, 6.45) is 4.49. The standard InChI is InChI=1S/C25H25N3O5/c29-23(14-3-1-2-4-14)27-19-9-10-28-22(19)24(30)26-18-7-5-15(11-17(18)25(28)31)16-6-8-20-21(12-16)33-13-32-20/h5-8,11-12,14,19,22H,1-4,9-10,13H2,(H,26,30)(H,27,29)/t19-,22-/m0/s1. The van der Waals surface area contributed by atoms with Crippen molar-refractivity contribution in [3.8, 4) is 22.6 Å². The Kier molecular flexibility index (Phi) is 4.74. The van der Waals surface area contributed by atoms with Gasteiger partial charge in [0, 0.05) is 12.5 Å². The molecule has 1 saturated carbocycles. The van der Waals surface area contributed by atoms with Crippen molar-refractivity contribution in [1.82, 2.24) is 10.2 Å².